The maximum Gasteiger partial charge on any atom is 0.357 e. The summed E-state index contributed by atoms with van der Waals surface area (Å²) in [7, 11) is 0. The summed E-state index contributed by atoms with van der Waals surface area (Å²) in [6.45, 7) is 6.86. The van der Waals surface area contributed by atoms with Crippen LogP contribution in [0, 0.1) is 16.7 Å². The predicted octanol–water partition coefficient (Wildman–Crippen LogP) is 4.11. The van der Waals surface area contributed by atoms with E-state index in [9.17, 15) is 4.79 Å². The summed E-state index contributed by atoms with van der Waals surface area (Å²) in [6, 6.07) is 5.02. The molecule has 1 aromatic rings. The fourth-order valence-electron chi connectivity index (χ4n) is 4.02. The summed E-state index contributed by atoms with van der Waals surface area (Å²) >= 11 is 5.82. The number of hydrogen-bond acceptors (Lipinski definition) is 3. The molecule has 108 valence electrons. The normalized spacial score (nSPS) is 34.2. The second kappa shape index (κ2) is 4.45. The highest BCUT2D eigenvalue weighted by Crippen LogP contribution is 2.66. The Labute approximate surface area is 124 Å². The van der Waals surface area contributed by atoms with Crippen molar-refractivity contribution >= 4 is 17.6 Å². The summed E-state index contributed by atoms with van der Waals surface area (Å²) in [4.78, 5) is 16.3. The summed E-state index contributed by atoms with van der Waals surface area (Å²) in [5, 5.41) is 0.318. The number of carbonyl (C=O) groups excluding carboxylic acids is 1. The molecule has 4 heteroatoms. The highest BCUT2D eigenvalue weighted by Gasteiger charge is 2.62. The van der Waals surface area contributed by atoms with Gasteiger partial charge in [0, 0.05) is 5.41 Å². The summed E-state index contributed by atoms with van der Waals surface area (Å²) in [5.41, 5.74) is 0.604. The van der Waals surface area contributed by atoms with E-state index in [1.165, 1.54) is 6.42 Å². The molecule has 0 aliphatic heterocycles. The van der Waals surface area contributed by atoms with Crippen LogP contribution in [0.25, 0.3) is 0 Å². The van der Waals surface area contributed by atoms with E-state index < -0.39 is 0 Å². The Morgan fingerprint density at radius 3 is 2.70 bits per heavy atom. The number of rotatable bonds is 2. The molecule has 2 aliphatic rings. The lowest BCUT2D eigenvalue weighted by Gasteiger charge is -2.38. The highest BCUT2D eigenvalue weighted by atomic mass is 35.5. The second-order valence-corrected chi connectivity index (χ2v) is 7.24. The Morgan fingerprint density at radius 1 is 1.40 bits per heavy atom. The average Bonchev–Trinajstić information content (AvgIpc) is 2.72. The zero-order valence-corrected chi connectivity index (χ0v) is 12.9. The van der Waals surface area contributed by atoms with E-state index in [0.717, 1.165) is 12.8 Å². The molecule has 3 atom stereocenters. The molecule has 0 saturated heterocycles. The first-order chi connectivity index (χ1) is 9.34. The maximum absolute atomic E-state index is 12.2. The van der Waals surface area contributed by atoms with Crippen molar-refractivity contribution in [1.82, 2.24) is 4.98 Å². The molecule has 1 aromatic heterocycles. The molecule has 0 aromatic carbocycles. The standard InChI is InChI=1S/C16H20ClNO2/c1-15(2)10-7-8-16(15,3)12(9-10)20-14(19)11-5-4-6-13(17)18-11/h4-6,10,12H,7-9H2,1-3H3. The largest absolute Gasteiger partial charge is 0.457 e. The molecule has 2 aliphatic carbocycles. The number of carbonyl (C=O) groups is 1. The van der Waals surface area contributed by atoms with E-state index in [1.54, 1.807) is 18.2 Å². The van der Waals surface area contributed by atoms with Gasteiger partial charge in [-0.2, -0.15) is 0 Å². The molecule has 0 amide bonds. The first-order valence-electron chi connectivity index (χ1n) is 7.18. The van der Waals surface area contributed by atoms with Crippen LogP contribution in [0.3, 0.4) is 0 Å². The van der Waals surface area contributed by atoms with E-state index in [1.807, 2.05) is 0 Å². The van der Waals surface area contributed by atoms with Gasteiger partial charge in [-0.05, 0) is 42.7 Å². The van der Waals surface area contributed by atoms with Crippen molar-refractivity contribution in [3.63, 3.8) is 0 Å². The van der Waals surface area contributed by atoms with Gasteiger partial charge < -0.3 is 4.74 Å². The summed E-state index contributed by atoms with van der Waals surface area (Å²) < 4.78 is 5.76. The Kier molecular flexibility index (Phi) is 3.09. The summed E-state index contributed by atoms with van der Waals surface area (Å²) in [6.07, 6.45) is 3.33. The van der Waals surface area contributed by atoms with Gasteiger partial charge in [-0.25, -0.2) is 9.78 Å². The van der Waals surface area contributed by atoms with Crippen molar-refractivity contribution in [3.8, 4) is 0 Å². The fourth-order valence-corrected chi connectivity index (χ4v) is 4.18. The fraction of sp³-hybridized carbons (Fsp3) is 0.625. The average molecular weight is 294 g/mol. The monoisotopic (exact) mass is 293 g/mol. The van der Waals surface area contributed by atoms with E-state index in [0.29, 0.717) is 16.8 Å². The van der Waals surface area contributed by atoms with Crippen LogP contribution < -0.4 is 0 Å². The van der Waals surface area contributed by atoms with Gasteiger partial charge in [0.05, 0.1) is 0 Å². The van der Waals surface area contributed by atoms with Gasteiger partial charge in [0.25, 0.3) is 0 Å². The molecule has 3 nitrogen and oxygen atoms in total. The zero-order valence-electron chi connectivity index (χ0n) is 12.1. The second-order valence-electron chi connectivity index (χ2n) is 6.85. The van der Waals surface area contributed by atoms with Gasteiger partial charge in [-0.1, -0.05) is 38.4 Å². The van der Waals surface area contributed by atoms with Crippen molar-refractivity contribution in [2.24, 2.45) is 16.7 Å². The number of pyridine rings is 1. The number of esters is 1. The molecule has 3 unspecified atom stereocenters. The molecule has 3 rings (SSSR count). The van der Waals surface area contributed by atoms with E-state index >= 15 is 0 Å². The molecule has 2 saturated carbocycles. The molecular weight excluding hydrogens is 274 g/mol. The third-order valence-corrected chi connectivity index (χ3v) is 6.10. The van der Waals surface area contributed by atoms with Crippen molar-refractivity contribution in [2.45, 2.75) is 46.1 Å². The highest BCUT2D eigenvalue weighted by molar-refractivity contribution is 6.29. The zero-order chi connectivity index (χ0) is 14.5. The van der Waals surface area contributed by atoms with Crippen LogP contribution in [0.4, 0.5) is 0 Å². The number of fused-ring (bicyclic) bond motifs is 2. The smallest absolute Gasteiger partial charge is 0.357 e. The number of hydrogen-bond donors (Lipinski definition) is 0. The Balaban J connectivity index is 1.78. The Hall–Kier alpha value is -1.09. The SMILES string of the molecule is CC1(C)C2CCC1(C)C(OC(=O)c1cccc(Cl)n1)C2. The van der Waals surface area contributed by atoms with Crippen molar-refractivity contribution in [1.29, 1.82) is 0 Å². The minimum absolute atomic E-state index is 0.00969. The van der Waals surface area contributed by atoms with E-state index in [-0.39, 0.29) is 22.9 Å². The Morgan fingerprint density at radius 2 is 2.15 bits per heavy atom. The predicted molar refractivity (Wildman–Crippen MR) is 77.7 cm³/mol. The van der Waals surface area contributed by atoms with Crippen LogP contribution in [0.1, 0.15) is 50.5 Å². The molecule has 0 N–H and O–H groups in total. The van der Waals surface area contributed by atoms with Crippen LogP contribution in [-0.4, -0.2) is 17.1 Å². The van der Waals surface area contributed by atoms with Crippen molar-refractivity contribution < 1.29 is 9.53 Å². The lowest BCUT2D eigenvalue weighted by molar-refractivity contribution is -0.0247. The van der Waals surface area contributed by atoms with Crippen LogP contribution in [0.2, 0.25) is 5.15 Å². The van der Waals surface area contributed by atoms with E-state index in [2.05, 4.69) is 25.8 Å². The van der Waals surface area contributed by atoms with Crippen molar-refractivity contribution in [2.75, 3.05) is 0 Å². The van der Waals surface area contributed by atoms with Crippen LogP contribution in [0.15, 0.2) is 18.2 Å². The number of ether oxygens (including phenoxy) is 1. The minimum atomic E-state index is -0.359. The molecule has 2 bridgehead atoms. The lowest BCUT2D eigenvalue weighted by Crippen LogP contribution is -2.38. The van der Waals surface area contributed by atoms with Gasteiger partial charge in [0.1, 0.15) is 17.0 Å². The van der Waals surface area contributed by atoms with Gasteiger partial charge in [-0.3, -0.25) is 0 Å². The topological polar surface area (TPSA) is 39.2 Å². The molecule has 20 heavy (non-hydrogen) atoms. The molecule has 1 heterocycles. The van der Waals surface area contributed by atoms with Crippen LogP contribution >= 0.6 is 11.6 Å². The quantitative estimate of drug-likeness (QED) is 0.608. The maximum atomic E-state index is 12.2. The first-order valence-corrected chi connectivity index (χ1v) is 7.56. The van der Waals surface area contributed by atoms with Gasteiger partial charge >= 0.3 is 5.97 Å². The number of halogens is 1. The molecule has 2 fully saturated rings. The van der Waals surface area contributed by atoms with E-state index in [4.69, 9.17) is 16.3 Å². The first kappa shape index (κ1) is 13.9. The molecule has 0 radical (unpaired) electrons. The molecular formula is C16H20ClNO2. The van der Waals surface area contributed by atoms with Gasteiger partial charge in [0.15, 0.2) is 0 Å². The van der Waals surface area contributed by atoms with Gasteiger partial charge in [-0.15, -0.1) is 0 Å². The molecule has 0 spiro atoms. The number of nitrogens with zero attached hydrogens (tertiary/aromatic N) is 1. The van der Waals surface area contributed by atoms with Gasteiger partial charge in [0.2, 0.25) is 0 Å². The van der Waals surface area contributed by atoms with Crippen LogP contribution in [-0.2, 0) is 4.74 Å². The minimum Gasteiger partial charge on any atom is -0.457 e. The summed E-state index contributed by atoms with van der Waals surface area (Å²) in [5.74, 6) is 0.291. The van der Waals surface area contributed by atoms with Crippen LogP contribution in [0.5, 0.6) is 0 Å². The lowest BCUT2D eigenvalue weighted by atomic mass is 9.70. The number of aromatic nitrogens is 1. The third kappa shape index (κ3) is 1.86. The third-order valence-electron chi connectivity index (χ3n) is 5.89. The Bertz CT molecular complexity index is 557. The van der Waals surface area contributed by atoms with Crippen molar-refractivity contribution in [3.05, 3.63) is 29.0 Å².